The van der Waals surface area contributed by atoms with Crippen molar-refractivity contribution in [1.29, 1.82) is 0 Å². The van der Waals surface area contributed by atoms with Gasteiger partial charge < -0.3 is 9.73 Å². The van der Waals surface area contributed by atoms with Crippen molar-refractivity contribution < 1.29 is 9.21 Å². The van der Waals surface area contributed by atoms with Gasteiger partial charge in [-0.25, -0.2) is 9.50 Å². The molecule has 142 valence electrons. The van der Waals surface area contributed by atoms with E-state index in [1.165, 1.54) is 11.8 Å². The lowest BCUT2D eigenvalue weighted by molar-refractivity contribution is -0.118. The second-order valence-corrected chi connectivity index (χ2v) is 6.89. The molecule has 0 aliphatic carbocycles. The first-order valence-electron chi connectivity index (χ1n) is 8.63. The minimum atomic E-state index is -0.0947. The van der Waals surface area contributed by atoms with Gasteiger partial charge >= 0.3 is 0 Å². The zero-order valence-corrected chi connectivity index (χ0v) is 15.9. The minimum absolute atomic E-state index is 0.0947. The molecule has 4 aromatic heterocycles. The number of rotatable bonds is 7. The van der Waals surface area contributed by atoms with Crippen LogP contribution in [0.15, 0.2) is 52.5 Å². The lowest BCUT2D eigenvalue weighted by Gasteiger charge is -2.01. The first kappa shape index (κ1) is 18.1. The first-order valence-corrected chi connectivity index (χ1v) is 9.61. The van der Waals surface area contributed by atoms with Gasteiger partial charge in [0.1, 0.15) is 0 Å². The Morgan fingerprint density at radius 1 is 1.25 bits per heavy atom. The van der Waals surface area contributed by atoms with E-state index in [0.29, 0.717) is 24.1 Å². The van der Waals surface area contributed by atoms with Crippen molar-refractivity contribution in [2.75, 3.05) is 12.3 Å². The molecule has 28 heavy (non-hydrogen) atoms. The van der Waals surface area contributed by atoms with Gasteiger partial charge in [-0.05, 0) is 18.2 Å². The fourth-order valence-electron chi connectivity index (χ4n) is 2.58. The molecule has 0 aliphatic heterocycles. The third-order valence-corrected chi connectivity index (χ3v) is 4.71. The Hall–Kier alpha value is -3.27. The highest BCUT2D eigenvalue weighted by Crippen LogP contribution is 2.17. The van der Waals surface area contributed by atoms with Crippen LogP contribution in [0.5, 0.6) is 0 Å². The van der Waals surface area contributed by atoms with Gasteiger partial charge in [-0.1, -0.05) is 11.8 Å². The SMILES string of the molecule is Cc1nnc(SCC(=O)NCCc2cc3nc(-c4ccncc4)ccn3n2)o1. The second-order valence-electron chi connectivity index (χ2n) is 5.96. The predicted octanol–water partition coefficient (Wildman–Crippen LogP) is 1.93. The summed E-state index contributed by atoms with van der Waals surface area (Å²) in [6.07, 6.45) is 5.97. The average molecular weight is 395 g/mol. The molecule has 9 nitrogen and oxygen atoms in total. The number of fused-ring (bicyclic) bond motifs is 1. The maximum atomic E-state index is 11.9. The Morgan fingerprint density at radius 3 is 2.89 bits per heavy atom. The second kappa shape index (κ2) is 8.17. The van der Waals surface area contributed by atoms with Crippen LogP contribution in [-0.4, -0.2) is 48.0 Å². The summed E-state index contributed by atoms with van der Waals surface area (Å²) in [4.78, 5) is 20.6. The number of thioether (sulfide) groups is 1. The summed E-state index contributed by atoms with van der Waals surface area (Å²) < 4.78 is 6.95. The van der Waals surface area contributed by atoms with Crippen LogP contribution >= 0.6 is 11.8 Å². The van der Waals surface area contributed by atoms with Crippen LogP contribution in [0, 0.1) is 6.92 Å². The highest BCUT2D eigenvalue weighted by molar-refractivity contribution is 7.99. The predicted molar refractivity (Wildman–Crippen MR) is 103 cm³/mol. The smallest absolute Gasteiger partial charge is 0.277 e. The number of amides is 1. The zero-order chi connectivity index (χ0) is 19.3. The van der Waals surface area contributed by atoms with E-state index < -0.39 is 0 Å². The molecule has 0 atom stereocenters. The van der Waals surface area contributed by atoms with E-state index in [9.17, 15) is 4.79 Å². The Morgan fingerprint density at radius 2 is 2.11 bits per heavy atom. The van der Waals surface area contributed by atoms with Gasteiger partial charge in [-0.2, -0.15) is 5.10 Å². The van der Waals surface area contributed by atoms with E-state index in [1.807, 2.05) is 30.5 Å². The fourth-order valence-corrected chi connectivity index (χ4v) is 3.21. The molecule has 4 heterocycles. The molecule has 0 fully saturated rings. The Labute approximate surface area is 164 Å². The molecular weight excluding hydrogens is 378 g/mol. The summed E-state index contributed by atoms with van der Waals surface area (Å²) in [7, 11) is 0. The molecule has 4 rings (SSSR count). The normalized spacial score (nSPS) is 11.0. The van der Waals surface area contributed by atoms with Crippen LogP contribution in [0.25, 0.3) is 16.9 Å². The fraction of sp³-hybridized carbons (Fsp3) is 0.222. The van der Waals surface area contributed by atoms with Gasteiger partial charge in [0.05, 0.1) is 17.1 Å². The minimum Gasteiger partial charge on any atom is -0.416 e. The Balaban J connectivity index is 1.31. The van der Waals surface area contributed by atoms with Crippen molar-refractivity contribution in [1.82, 2.24) is 35.1 Å². The number of nitrogens with one attached hydrogen (secondary N) is 1. The molecule has 0 saturated carbocycles. The number of aryl methyl sites for hydroxylation is 1. The maximum absolute atomic E-state index is 11.9. The molecule has 0 aromatic carbocycles. The molecule has 4 aromatic rings. The summed E-state index contributed by atoms with van der Waals surface area (Å²) in [6, 6.07) is 7.67. The van der Waals surface area contributed by atoms with Crippen molar-refractivity contribution in [2.45, 2.75) is 18.6 Å². The van der Waals surface area contributed by atoms with Gasteiger partial charge in [-0.15, -0.1) is 10.2 Å². The van der Waals surface area contributed by atoms with Crippen molar-refractivity contribution in [2.24, 2.45) is 0 Å². The quantitative estimate of drug-likeness (QED) is 0.473. The van der Waals surface area contributed by atoms with Gasteiger partial charge in [0.25, 0.3) is 5.22 Å². The van der Waals surface area contributed by atoms with Crippen LogP contribution < -0.4 is 5.32 Å². The van der Waals surface area contributed by atoms with E-state index in [4.69, 9.17) is 4.42 Å². The highest BCUT2D eigenvalue weighted by Gasteiger charge is 2.09. The van der Waals surface area contributed by atoms with E-state index in [1.54, 1.807) is 23.8 Å². The highest BCUT2D eigenvalue weighted by atomic mass is 32.2. The van der Waals surface area contributed by atoms with E-state index in [0.717, 1.165) is 22.6 Å². The van der Waals surface area contributed by atoms with Crippen LogP contribution in [-0.2, 0) is 11.2 Å². The van der Waals surface area contributed by atoms with E-state index >= 15 is 0 Å². The largest absolute Gasteiger partial charge is 0.416 e. The van der Waals surface area contributed by atoms with Gasteiger partial charge in [0.15, 0.2) is 5.65 Å². The molecule has 0 unspecified atom stereocenters. The third-order valence-electron chi connectivity index (χ3n) is 3.89. The number of carbonyl (C=O) groups is 1. The molecule has 0 bridgehead atoms. The summed E-state index contributed by atoms with van der Waals surface area (Å²) in [5, 5.41) is 15.3. The monoisotopic (exact) mass is 395 g/mol. The van der Waals surface area contributed by atoms with Crippen molar-refractivity contribution in [3.63, 3.8) is 0 Å². The molecular formula is C18H17N7O2S. The molecule has 0 spiro atoms. The summed E-state index contributed by atoms with van der Waals surface area (Å²) in [5.74, 6) is 0.613. The molecule has 0 radical (unpaired) electrons. The van der Waals surface area contributed by atoms with Gasteiger partial charge in [0, 0.05) is 50.1 Å². The molecule has 1 amide bonds. The lowest BCUT2D eigenvalue weighted by Crippen LogP contribution is -2.27. The summed E-state index contributed by atoms with van der Waals surface area (Å²) >= 11 is 1.21. The number of aromatic nitrogens is 6. The van der Waals surface area contributed by atoms with Crippen LogP contribution in [0.2, 0.25) is 0 Å². The standard InChI is InChI=1S/C18H17N7O2S/c1-12-22-23-18(27-12)28-11-17(26)20-8-4-14-10-16-21-15(5-9-25(16)24-14)13-2-6-19-7-3-13/h2-3,5-7,9-10H,4,8,11H2,1H3,(H,20,26). The number of hydrogen-bond acceptors (Lipinski definition) is 8. The Kier molecular flexibility index (Phi) is 5.29. The van der Waals surface area contributed by atoms with Gasteiger partial charge in [-0.3, -0.25) is 9.78 Å². The average Bonchev–Trinajstić information content (AvgIpc) is 3.32. The van der Waals surface area contributed by atoms with E-state index in [-0.39, 0.29) is 11.7 Å². The molecule has 1 N–H and O–H groups in total. The summed E-state index contributed by atoms with van der Waals surface area (Å²) in [5.41, 5.74) is 3.49. The first-order chi connectivity index (χ1) is 13.7. The van der Waals surface area contributed by atoms with Crippen LogP contribution in [0.3, 0.4) is 0 Å². The topological polar surface area (TPSA) is 111 Å². The van der Waals surface area contributed by atoms with Crippen molar-refractivity contribution in [3.8, 4) is 11.3 Å². The molecule has 0 aliphatic rings. The number of nitrogens with zero attached hydrogens (tertiary/aromatic N) is 6. The lowest BCUT2D eigenvalue weighted by atomic mass is 10.2. The van der Waals surface area contributed by atoms with Gasteiger partial charge in [0.2, 0.25) is 11.8 Å². The third kappa shape index (κ3) is 4.34. The Bertz CT molecular complexity index is 1090. The number of hydrogen-bond donors (Lipinski definition) is 1. The van der Waals surface area contributed by atoms with E-state index in [2.05, 4.69) is 30.6 Å². The van der Waals surface area contributed by atoms with Crippen LogP contribution in [0.4, 0.5) is 0 Å². The number of carbonyl (C=O) groups excluding carboxylic acids is 1. The molecule has 0 saturated heterocycles. The van der Waals surface area contributed by atoms with Crippen LogP contribution in [0.1, 0.15) is 11.6 Å². The summed E-state index contributed by atoms with van der Waals surface area (Å²) in [6.45, 7) is 2.20. The number of pyridine rings is 1. The maximum Gasteiger partial charge on any atom is 0.277 e. The zero-order valence-electron chi connectivity index (χ0n) is 15.1. The van der Waals surface area contributed by atoms with Crippen molar-refractivity contribution >= 4 is 23.3 Å². The van der Waals surface area contributed by atoms with Crippen molar-refractivity contribution in [3.05, 3.63) is 54.4 Å². The molecule has 10 heteroatoms.